The van der Waals surface area contributed by atoms with E-state index in [9.17, 15) is 0 Å². The highest BCUT2D eigenvalue weighted by molar-refractivity contribution is 7.26. The van der Waals surface area contributed by atoms with Crippen LogP contribution < -0.4 is 0 Å². The fourth-order valence-electron chi connectivity index (χ4n) is 21.8. The van der Waals surface area contributed by atoms with E-state index in [1.807, 2.05) is 108 Å². The summed E-state index contributed by atoms with van der Waals surface area (Å²) in [5, 5.41) is 20.8. The molecule has 0 fully saturated rings. The maximum absolute atomic E-state index is 6.56. The van der Waals surface area contributed by atoms with Crippen LogP contribution in [0.4, 0.5) is 0 Å². The van der Waals surface area contributed by atoms with Crippen LogP contribution in [-0.4, -0.2) is 63.1 Å². The van der Waals surface area contributed by atoms with Gasteiger partial charge < -0.3 is 13.4 Å². The van der Waals surface area contributed by atoms with Crippen LogP contribution in [0.25, 0.3) is 295 Å². The molecule has 0 aliphatic rings. The normalized spacial score (nSPS) is 11.9. The summed E-state index contributed by atoms with van der Waals surface area (Å²) in [5.41, 5.74) is 20.9. The highest BCUT2D eigenvalue weighted by Gasteiger charge is 2.28. The number of para-hydroxylation sites is 7. The van der Waals surface area contributed by atoms with Gasteiger partial charge in [-0.05, 0) is 145 Å². The number of aromatic nitrogens is 13. The molecule has 32 aromatic rings. The Morgan fingerprint density at radius 2 is 0.510 bits per heavy atom. The van der Waals surface area contributed by atoms with Gasteiger partial charge in [-0.15, -0.1) is 34.0 Å². The molecular formula is C129H75N13O2S3. The summed E-state index contributed by atoms with van der Waals surface area (Å²) in [4.78, 5) is 46.6. The van der Waals surface area contributed by atoms with Gasteiger partial charge in [0.05, 0.1) is 49.5 Å². The Kier molecular flexibility index (Phi) is 19.2. The molecule has 686 valence electrons. The molecule has 20 aromatic carbocycles. The first-order valence-corrected chi connectivity index (χ1v) is 51.3. The predicted molar refractivity (Wildman–Crippen MR) is 608 cm³/mol. The van der Waals surface area contributed by atoms with Gasteiger partial charge in [-0.1, -0.05) is 322 Å². The Hall–Kier alpha value is -19.1. The van der Waals surface area contributed by atoms with Crippen LogP contribution in [0.1, 0.15) is 0 Å². The number of hydrogen-bond donors (Lipinski definition) is 0. The number of thiophene rings is 3. The van der Waals surface area contributed by atoms with Crippen LogP contribution in [0.15, 0.2) is 464 Å². The minimum atomic E-state index is 0.522. The van der Waals surface area contributed by atoms with E-state index in [0.29, 0.717) is 52.8 Å². The SMILES string of the molecule is c1ccc(-c2ccc(-c3nc(-c4cccc5oc6ccccc6c45)nc(-n4c5ccccc5c5c6oc7ccccc7c6ccc54)n3)cc2)cc1.c1ccc(-c2nc(-c3ccc4c(c3)sc3ccccc34)nc(-n3c4ccccc4c4cc5sc6ccccc6c5cc43)n2)cc1.c1ccc(-c2nc(-c3ccc4sc5ccccc5c4c3)nc(-n3c4ccccc4c4cc5c(cc43)c3ccccc3n5-c3ccccc3)n2)cc1. The van der Waals surface area contributed by atoms with Gasteiger partial charge in [0.2, 0.25) is 17.8 Å². The Bertz CT molecular complexity index is 11000. The van der Waals surface area contributed by atoms with Gasteiger partial charge >= 0.3 is 0 Å². The lowest BCUT2D eigenvalue weighted by atomic mass is 10.0. The van der Waals surface area contributed by atoms with Gasteiger partial charge in [-0.2, -0.15) is 29.9 Å². The number of rotatable bonds is 11. The van der Waals surface area contributed by atoms with Gasteiger partial charge in [0, 0.05) is 159 Å². The quantitative estimate of drug-likeness (QED) is 0.121. The van der Waals surface area contributed by atoms with Crippen molar-refractivity contribution in [3.63, 3.8) is 0 Å². The van der Waals surface area contributed by atoms with Crippen LogP contribution >= 0.6 is 34.0 Å². The van der Waals surface area contributed by atoms with Crippen molar-refractivity contribution >= 4 is 226 Å². The van der Waals surface area contributed by atoms with E-state index >= 15 is 0 Å². The van der Waals surface area contributed by atoms with E-state index < -0.39 is 0 Å². The second kappa shape index (κ2) is 33.8. The Balaban J connectivity index is 0.000000102. The predicted octanol–water partition coefficient (Wildman–Crippen LogP) is 34.6. The van der Waals surface area contributed by atoms with E-state index in [2.05, 4.69) is 388 Å². The molecule has 0 amide bonds. The highest BCUT2D eigenvalue weighted by Crippen LogP contribution is 2.48. The third kappa shape index (κ3) is 13.8. The van der Waals surface area contributed by atoms with E-state index in [1.165, 1.54) is 87.6 Å². The monoisotopic (exact) mass is 1930 g/mol. The first-order chi connectivity index (χ1) is 72.8. The molecule has 18 heteroatoms. The Labute approximate surface area is 849 Å². The maximum atomic E-state index is 6.56. The molecule has 12 aromatic heterocycles. The molecule has 0 bridgehead atoms. The first-order valence-electron chi connectivity index (χ1n) is 48.8. The van der Waals surface area contributed by atoms with Gasteiger partial charge in [0.15, 0.2) is 34.9 Å². The fraction of sp³-hybridized carbons (Fsp3) is 0. The van der Waals surface area contributed by atoms with Crippen LogP contribution in [0, 0.1) is 0 Å². The van der Waals surface area contributed by atoms with Crippen molar-refractivity contribution in [1.82, 2.24) is 63.1 Å². The Morgan fingerprint density at radius 3 is 1.09 bits per heavy atom. The molecule has 0 N–H and O–H groups in total. The summed E-state index contributed by atoms with van der Waals surface area (Å²) in [7, 11) is 0. The van der Waals surface area contributed by atoms with E-state index in [1.54, 1.807) is 11.3 Å². The number of hydrogen-bond acceptors (Lipinski definition) is 14. The summed E-state index contributed by atoms with van der Waals surface area (Å²) in [6, 6.07) is 159. The molecule has 0 saturated carbocycles. The van der Waals surface area contributed by atoms with E-state index in [0.717, 1.165) is 154 Å². The van der Waals surface area contributed by atoms with Crippen LogP contribution in [0.2, 0.25) is 0 Å². The Morgan fingerprint density at radius 1 is 0.163 bits per heavy atom. The minimum absolute atomic E-state index is 0.522. The van der Waals surface area contributed by atoms with Crippen molar-refractivity contribution in [2.45, 2.75) is 0 Å². The largest absolute Gasteiger partial charge is 0.456 e. The summed E-state index contributed by atoms with van der Waals surface area (Å²) >= 11 is 5.46. The number of benzene rings is 20. The van der Waals surface area contributed by atoms with E-state index in [4.69, 9.17) is 53.7 Å². The van der Waals surface area contributed by atoms with Crippen LogP contribution in [0.5, 0.6) is 0 Å². The zero-order valence-electron chi connectivity index (χ0n) is 78.2. The van der Waals surface area contributed by atoms with Gasteiger partial charge in [-0.3, -0.25) is 13.7 Å². The van der Waals surface area contributed by atoms with E-state index in [-0.39, 0.29) is 0 Å². The zero-order valence-corrected chi connectivity index (χ0v) is 80.6. The number of nitrogens with zero attached hydrogens (tertiary/aromatic N) is 13. The third-order valence-corrected chi connectivity index (χ3v) is 32.0. The zero-order chi connectivity index (χ0) is 96.4. The topological polar surface area (TPSA) is 162 Å². The molecule has 0 saturated heterocycles. The third-order valence-electron chi connectivity index (χ3n) is 28.5. The molecule has 0 atom stereocenters. The second-order valence-electron chi connectivity index (χ2n) is 36.9. The van der Waals surface area contributed by atoms with Crippen molar-refractivity contribution in [2.24, 2.45) is 0 Å². The lowest BCUT2D eigenvalue weighted by molar-refractivity contribution is 0.669. The minimum Gasteiger partial charge on any atom is -0.456 e. The second-order valence-corrected chi connectivity index (χ2v) is 40.2. The summed E-state index contributed by atoms with van der Waals surface area (Å²) in [5.74, 6) is 5.46. The molecule has 12 heterocycles. The molecule has 0 radical (unpaired) electrons. The number of fused-ring (bicyclic) bond motifs is 28. The standard InChI is InChI=1S/C45H27N5S.C45H26N4O2.C39H22N4S2/c1-3-13-28(14-4-1)43-46-44(29-23-24-42-36(25-29)33-19-9-12-22-41(33)51-42)48-45(47-43)50-38-21-11-8-18-32(38)35-26-39-34(27-40(35)50)31-17-7-10-20-37(31)49(39)30-15-5-2-6-16-30;1-2-11-27(12-3-1)28-21-23-29(24-22-28)43-46-44(34-16-10-20-39-40(34)33-15-6-9-19-38(33)50-39)48-45(47-43)49-35-17-7-4-14-32(35)41-36(49)26-25-31-30-13-5-8-18-37(30)51-42(31)41;1-2-10-23(11-3-1)37-40-38(24-18-19-28-26-13-5-8-16-33(26)44-35(28)20-24)42-39(41-37)43-31-15-7-4-12-25(31)29-22-36-30(21-32(29)43)27-14-6-9-17-34(27)45-36/h1-27H;1-26H;1-22H. The summed E-state index contributed by atoms with van der Waals surface area (Å²) < 4.78 is 29.4. The smallest absolute Gasteiger partial charge is 0.238 e. The van der Waals surface area contributed by atoms with Crippen molar-refractivity contribution in [2.75, 3.05) is 0 Å². The average molecular weight is 1940 g/mol. The van der Waals surface area contributed by atoms with Crippen LogP contribution in [0.3, 0.4) is 0 Å². The fourth-order valence-corrected chi connectivity index (χ4v) is 25.2. The van der Waals surface area contributed by atoms with Crippen molar-refractivity contribution in [1.29, 1.82) is 0 Å². The van der Waals surface area contributed by atoms with Crippen molar-refractivity contribution in [3.05, 3.63) is 455 Å². The molecule has 147 heavy (non-hydrogen) atoms. The molecule has 0 unspecified atom stereocenters. The molecule has 15 nitrogen and oxygen atoms in total. The molecular weight excluding hydrogens is 1860 g/mol. The van der Waals surface area contributed by atoms with Crippen molar-refractivity contribution < 1.29 is 8.83 Å². The molecule has 0 aliphatic heterocycles. The van der Waals surface area contributed by atoms with Gasteiger partial charge in [0.25, 0.3) is 0 Å². The first kappa shape index (κ1) is 83.7. The lowest BCUT2D eigenvalue weighted by Crippen LogP contribution is -2.06. The lowest BCUT2D eigenvalue weighted by Gasteiger charge is -2.12. The highest BCUT2D eigenvalue weighted by atomic mass is 32.1. The average Bonchev–Trinajstić information content (AvgIpc) is 1.56. The van der Waals surface area contributed by atoms with Crippen molar-refractivity contribution in [3.8, 4) is 103 Å². The van der Waals surface area contributed by atoms with Crippen LogP contribution in [-0.2, 0) is 0 Å². The summed E-state index contributed by atoms with van der Waals surface area (Å²) in [6.07, 6.45) is 0. The number of furan rings is 2. The van der Waals surface area contributed by atoms with Gasteiger partial charge in [0.1, 0.15) is 22.3 Å². The molecule has 0 spiro atoms. The summed E-state index contributed by atoms with van der Waals surface area (Å²) in [6.45, 7) is 0. The maximum Gasteiger partial charge on any atom is 0.238 e. The molecule has 32 rings (SSSR count). The van der Waals surface area contributed by atoms with Gasteiger partial charge in [-0.25, -0.2) is 15.0 Å². The molecule has 0 aliphatic carbocycles.